The molecule has 1 aromatic carbocycles. The van der Waals surface area contributed by atoms with Gasteiger partial charge < -0.3 is 15.1 Å². The quantitative estimate of drug-likeness (QED) is 0.280. The molecule has 1 N–H and O–H groups in total. The van der Waals surface area contributed by atoms with Gasteiger partial charge in [0.2, 0.25) is 5.91 Å². The second-order valence-electron chi connectivity index (χ2n) is 8.74. The molecule has 0 unspecified atom stereocenters. The number of hydrogen-bond acceptors (Lipinski definition) is 2. The molecule has 160 valence electrons. The molecule has 1 spiro atoms. The third-order valence-corrected chi connectivity index (χ3v) is 6.74. The van der Waals surface area contributed by atoms with Crippen LogP contribution in [0.25, 0.3) is 0 Å². The molecule has 5 nitrogen and oxygen atoms in total. The standard InChI is InChI=1S/C23H34N4O.HI/c1-2-24-22(26-15-13-23(18-26)11-5-6-12-23)25-14-7-10-21(28)27-16-19-8-3-4-9-20(19)17-27;/h3-4,8-9H,2,5-7,10-18H2,1H3,(H,24,25);1H. The fourth-order valence-electron chi connectivity index (χ4n) is 5.16. The molecular formula is C23H35IN4O. The minimum absolute atomic E-state index is 0. The zero-order valence-corrected chi connectivity index (χ0v) is 20.0. The first kappa shape index (κ1) is 22.4. The fourth-order valence-corrected chi connectivity index (χ4v) is 5.16. The van der Waals surface area contributed by atoms with E-state index in [0.29, 0.717) is 11.8 Å². The van der Waals surface area contributed by atoms with Crippen molar-refractivity contribution in [1.29, 1.82) is 0 Å². The average molecular weight is 510 g/mol. The third-order valence-electron chi connectivity index (χ3n) is 6.74. The number of benzene rings is 1. The summed E-state index contributed by atoms with van der Waals surface area (Å²) in [5, 5.41) is 3.47. The summed E-state index contributed by atoms with van der Waals surface area (Å²) >= 11 is 0. The average Bonchev–Trinajstić information content (AvgIpc) is 3.44. The number of nitrogens with one attached hydrogen (secondary N) is 1. The van der Waals surface area contributed by atoms with E-state index in [1.807, 2.05) is 4.90 Å². The van der Waals surface area contributed by atoms with E-state index in [1.54, 1.807) is 0 Å². The second kappa shape index (κ2) is 10.1. The highest BCUT2D eigenvalue weighted by Gasteiger charge is 2.41. The van der Waals surface area contributed by atoms with E-state index in [1.165, 1.54) is 43.2 Å². The molecule has 4 rings (SSSR count). The van der Waals surface area contributed by atoms with Crippen molar-refractivity contribution in [1.82, 2.24) is 15.1 Å². The van der Waals surface area contributed by atoms with Crippen molar-refractivity contribution in [3.63, 3.8) is 0 Å². The highest BCUT2D eigenvalue weighted by atomic mass is 127. The maximum absolute atomic E-state index is 12.6. The summed E-state index contributed by atoms with van der Waals surface area (Å²) in [7, 11) is 0. The first-order valence-corrected chi connectivity index (χ1v) is 11.1. The lowest BCUT2D eigenvalue weighted by Crippen LogP contribution is -2.41. The van der Waals surface area contributed by atoms with Gasteiger partial charge in [-0.25, -0.2) is 0 Å². The van der Waals surface area contributed by atoms with E-state index in [0.717, 1.165) is 51.6 Å². The number of rotatable bonds is 5. The van der Waals surface area contributed by atoms with Gasteiger partial charge in [0, 0.05) is 45.7 Å². The van der Waals surface area contributed by atoms with Crippen LogP contribution in [0, 0.1) is 5.41 Å². The Kier molecular flexibility index (Phi) is 7.82. The Morgan fingerprint density at radius 3 is 2.45 bits per heavy atom. The fraction of sp³-hybridized carbons (Fsp3) is 0.652. The van der Waals surface area contributed by atoms with Gasteiger partial charge in [-0.05, 0) is 49.1 Å². The van der Waals surface area contributed by atoms with Crippen LogP contribution in [0.5, 0.6) is 0 Å². The van der Waals surface area contributed by atoms with Gasteiger partial charge in [-0.3, -0.25) is 9.79 Å². The summed E-state index contributed by atoms with van der Waals surface area (Å²) in [5.74, 6) is 1.30. The first-order valence-electron chi connectivity index (χ1n) is 11.1. The zero-order chi connectivity index (χ0) is 19.4. The van der Waals surface area contributed by atoms with Crippen molar-refractivity contribution in [2.75, 3.05) is 26.2 Å². The van der Waals surface area contributed by atoms with Gasteiger partial charge in [0.05, 0.1) is 0 Å². The Hall–Kier alpha value is -1.31. The lowest BCUT2D eigenvalue weighted by atomic mass is 9.86. The van der Waals surface area contributed by atoms with Crippen LogP contribution in [0.1, 0.15) is 63.0 Å². The molecule has 1 aromatic rings. The number of fused-ring (bicyclic) bond motifs is 1. The van der Waals surface area contributed by atoms with Crippen LogP contribution in [0.15, 0.2) is 29.3 Å². The maximum atomic E-state index is 12.6. The Bertz CT molecular complexity index is 704. The summed E-state index contributed by atoms with van der Waals surface area (Å²) in [5.41, 5.74) is 3.13. The molecule has 2 heterocycles. The molecule has 3 aliphatic rings. The van der Waals surface area contributed by atoms with Crippen LogP contribution >= 0.6 is 24.0 Å². The normalized spacial score (nSPS) is 20.1. The van der Waals surface area contributed by atoms with Gasteiger partial charge in [0.25, 0.3) is 0 Å². The monoisotopic (exact) mass is 510 g/mol. The smallest absolute Gasteiger partial charge is 0.223 e. The SMILES string of the molecule is CCNC(=NCCCC(=O)N1Cc2ccccc2C1)N1CCC2(CCCC2)C1.I. The van der Waals surface area contributed by atoms with Crippen molar-refractivity contribution < 1.29 is 4.79 Å². The molecular weight excluding hydrogens is 475 g/mol. The number of amides is 1. The van der Waals surface area contributed by atoms with Crippen LogP contribution in [-0.4, -0.2) is 47.8 Å². The highest BCUT2D eigenvalue weighted by molar-refractivity contribution is 14.0. The summed E-state index contributed by atoms with van der Waals surface area (Å²) in [6.45, 7) is 7.55. The summed E-state index contributed by atoms with van der Waals surface area (Å²) in [6.07, 6.45) is 8.27. The van der Waals surface area contributed by atoms with Gasteiger partial charge in [-0.1, -0.05) is 37.1 Å². The predicted molar refractivity (Wildman–Crippen MR) is 128 cm³/mol. The van der Waals surface area contributed by atoms with E-state index in [-0.39, 0.29) is 29.9 Å². The minimum atomic E-state index is 0. The van der Waals surface area contributed by atoms with E-state index < -0.39 is 0 Å². The molecule has 29 heavy (non-hydrogen) atoms. The van der Waals surface area contributed by atoms with E-state index in [9.17, 15) is 4.79 Å². The Balaban J connectivity index is 0.00000240. The minimum Gasteiger partial charge on any atom is -0.357 e. The molecule has 1 saturated heterocycles. The summed E-state index contributed by atoms with van der Waals surface area (Å²) in [4.78, 5) is 21.8. The molecule has 0 aromatic heterocycles. The van der Waals surface area contributed by atoms with Gasteiger partial charge >= 0.3 is 0 Å². The van der Waals surface area contributed by atoms with Gasteiger partial charge in [-0.15, -0.1) is 24.0 Å². The van der Waals surface area contributed by atoms with Crippen molar-refractivity contribution >= 4 is 35.8 Å². The lowest BCUT2D eigenvalue weighted by Gasteiger charge is -2.26. The van der Waals surface area contributed by atoms with Gasteiger partial charge in [0.15, 0.2) is 5.96 Å². The first-order chi connectivity index (χ1) is 13.7. The zero-order valence-electron chi connectivity index (χ0n) is 17.7. The third kappa shape index (κ3) is 5.25. The largest absolute Gasteiger partial charge is 0.357 e. The topological polar surface area (TPSA) is 47.9 Å². The van der Waals surface area contributed by atoms with Crippen LogP contribution in [0.2, 0.25) is 0 Å². The molecule has 0 radical (unpaired) electrons. The highest BCUT2D eigenvalue weighted by Crippen LogP contribution is 2.45. The molecule has 2 fully saturated rings. The van der Waals surface area contributed by atoms with Crippen molar-refractivity contribution in [3.05, 3.63) is 35.4 Å². The number of aliphatic imine (C=N–C) groups is 1. The molecule has 0 bridgehead atoms. The Morgan fingerprint density at radius 1 is 1.10 bits per heavy atom. The summed E-state index contributed by atoms with van der Waals surface area (Å²) < 4.78 is 0. The maximum Gasteiger partial charge on any atom is 0.223 e. The molecule has 1 aliphatic carbocycles. The Labute approximate surface area is 192 Å². The van der Waals surface area contributed by atoms with Crippen molar-refractivity contribution in [2.24, 2.45) is 10.4 Å². The van der Waals surface area contributed by atoms with E-state index in [2.05, 4.69) is 41.4 Å². The predicted octanol–water partition coefficient (Wildman–Crippen LogP) is 4.16. The number of hydrogen-bond donors (Lipinski definition) is 1. The Morgan fingerprint density at radius 2 is 1.79 bits per heavy atom. The van der Waals surface area contributed by atoms with E-state index >= 15 is 0 Å². The van der Waals surface area contributed by atoms with Crippen LogP contribution in [-0.2, 0) is 17.9 Å². The molecule has 0 atom stereocenters. The van der Waals surface area contributed by atoms with Crippen LogP contribution < -0.4 is 5.32 Å². The second-order valence-corrected chi connectivity index (χ2v) is 8.74. The molecule has 6 heteroatoms. The van der Waals surface area contributed by atoms with Gasteiger partial charge in [0.1, 0.15) is 0 Å². The van der Waals surface area contributed by atoms with Crippen molar-refractivity contribution in [2.45, 2.75) is 65.0 Å². The molecule has 1 amide bonds. The van der Waals surface area contributed by atoms with Crippen LogP contribution in [0.4, 0.5) is 0 Å². The number of nitrogens with zero attached hydrogens (tertiary/aromatic N) is 3. The molecule has 2 aliphatic heterocycles. The number of carbonyl (C=O) groups is 1. The lowest BCUT2D eigenvalue weighted by molar-refractivity contribution is -0.131. The van der Waals surface area contributed by atoms with Gasteiger partial charge in [-0.2, -0.15) is 0 Å². The van der Waals surface area contributed by atoms with Crippen molar-refractivity contribution in [3.8, 4) is 0 Å². The number of carbonyl (C=O) groups excluding carboxylic acids is 1. The molecule has 1 saturated carbocycles. The van der Waals surface area contributed by atoms with E-state index in [4.69, 9.17) is 4.99 Å². The summed E-state index contributed by atoms with van der Waals surface area (Å²) in [6, 6.07) is 8.36. The number of guanidine groups is 1. The number of likely N-dealkylation sites (tertiary alicyclic amines) is 1. The number of halogens is 1. The van der Waals surface area contributed by atoms with Crippen LogP contribution in [0.3, 0.4) is 0 Å².